The van der Waals surface area contributed by atoms with Crippen LogP contribution in [0.2, 0.25) is 5.02 Å². The highest BCUT2D eigenvalue weighted by atomic mass is 35.5. The molecule has 1 aliphatic rings. The van der Waals surface area contributed by atoms with Crippen molar-refractivity contribution in [1.82, 2.24) is 9.80 Å². The molecule has 2 aromatic carbocycles. The van der Waals surface area contributed by atoms with Crippen molar-refractivity contribution >= 4 is 11.6 Å². The van der Waals surface area contributed by atoms with E-state index in [2.05, 4.69) is 22.9 Å². The van der Waals surface area contributed by atoms with E-state index in [4.69, 9.17) is 16.3 Å². The molecule has 3 rings (SSSR count). The number of aryl methyl sites for hydroxylation is 1. The van der Waals surface area contributed by atoms with Crippen molar-refractivity contribution in [2.45, 2.75) is 12.8 Å². The normalized spacial score (nSPS) is 16.1. The van der Waals surface area contributed by atoms with E-state index < -0.39 is 5.82 Å². The molecule has 0 unspecified atom stereocenters. The van der Waals surface area contributed by atoms with Crippen LogP contribution in [0.15, 0.2) is 42.5 Å². The molecule has 1 aliphatic heterocycles. The summed E-state index contributed by atoms with van der Waals surface area (Å²) in [6.07, 6.45) is 2.03. The molecule has 0 radical (unpaired) electrons. The van der Waals surface area contributed by atoms with E-state index in [1.807, 2.05) is 18.2 Å². The van der Waals surface area contributed by atoms with Gasteiger partial charge in [0.2, 0.25) is 0 Å². The van der Waals surface area contributed by atoms with Crippen molar-refractivity contribution in [3.8, 4) is 11.5 Å². The van der Waals surface area contributed by atoms with Crippen molar-refractivity contribution < 1.29 is 9.13 Å². The fourth-order valence-electron chi connectivity index (χ4n) is 3.04. The first kappa shape index (κ1) is 18.2. The number of rotatable bonds is 6. The quantitative estimate of drug-likeness (QED) is 0.755. The Kier molecular flexibility index (Phi) is 6.29. The molecule has 0 N–H and O–H groups in total. The molecule has 0 spiro atoms. The van der Waals surface area contributed by atoms with Crippen molar-refractivity contribution in [3.63, 3.8) is 0 Å². The second-order valence-electron chi connectivity index (χ2n) is 6.53. The molecule has 0 aliphatic carbocycles. The number of benzene rings is 2. The van der Waals surface area contributed by atoms with Crippen LogP contribution in [-0.4, -0.2) is 49.6 Å². The summed E-state index contributed by atoms with van der Waals surface area (Å²) in [7, 11) is 2.17. The van der Waals surface area contributed by atoms with Crippen LogP contribution in [0, 0.1) is 5.82 Å². The van der Waals surface area contributed by atoms with Gasteiger partial charge in [-0.15, -0.1) is 0 Å². The van der Waals surface area contributed by atoms with Crippen LogP contribution in [-0.2, 0) is 6.42 Å². The lowest BCUT2D eigenvalue weighted by atomic mass is 10.1. The molecule has 25 heavy (non-hydrogen) atoms. The molecule has 1 heterocycles. The average Bonchev–Trinajstić information content (AvgIpc) is 2.61. The summed E-state index contributed by atoms with van der Waals surface area (Å²) < 4.78 is 19.5. The number of ether oxygens (including phenoxy) is 1. The molecule has 0 saturated carbocycles. The van der Waals surface area contributed by atoms with E-state index in [1.54, 1.807) is 6.07 Å². The number of hydrogen-bond acceptors (Lipinski definition) is 3. The number of likely N-dealkylation sites (N-methyl/N-ethyl adjacent to an activating group) is 1. The van der Waals surface area contributed by atoms with Gasteiger partial charge in [0.05, 0.1) is 5.02 Å². The van der Waals surface area contributed by atoms with E-state index in [-0.39, 0.29) is 5.02 Å². The van der Waals surface area contributed by atoms with Crippen molar-refractivity contribution in [2.24, 2.45) is 0 Å². The molecule has 0 atom stereocenters. The van der Waals surface area contributed by atoms with Crippen LogP contribution in [0.5, 0.6) is 11.5 Å². The van der Waals surface area contributed by atoms with Gasteiger partial charge in [0.25, 0.3) is 0 Å². The summed E-state index contributed by atoms with van der Waals surface area (Å²) in [5, 5.41) is 0.104. The maximum Gasteiger partial charge on any atom is 0.145 e. The third kappa shape index (κ3) is 5.18. The standard InChI is InChI=1S/C20H24ClFN2O/c1-23-11-13-24(14-12-23)10-4-6-16-5-2-3-7-20(16)25-17-8-9-18(21)19(22)15-17/h2-3,5,7-9,15H,4,6,10-14H2,1H3. The van der Waals surface area contributed by atoms with Gasteiger partial charge in [0.1, 0.15) is 17.3 Å². The Hall–Kier alpha value is -1.62. The molecular formula is C20H24ClFN2O. The maximum atomic E-state index is 13.6. The zero-order chi connectivity index (χ0) is 17.6. The number of piperazine rings is 1. The van der Waals surface area contributed by atoms with E-state index in [0.717, 1.165) is 56.9 Å². The summed E-state index contributed by atoms with van der Waals surface area (Å²) in [6.45, 7) is 5.65. The SMILES string of the molecule is CN1CCN(CCCc2ccccc2Oc2ccc(Cl)c(F)c2)CC1. The molecule has 1 fully saturated rings. The molecule has 0 bridgehead atoms. The molecule has 3 nitrogen and oxygen atoms in total. The van der Waals surface area contributed by atoms with E-state index in [9.17, 15) is 4.39 Å². The average molecular weight is 363 g/mol. The first-order valence-electron chi connectivity index (χ1n) is 8.73. The zero-order valence-electron chi connectivity index (χ0n) is 14.5. The lowest BCUT2D eigenvalue weighted by Gasteiger charge is -2.32. The van der Waals surface area contributed by atoms with Crippen LogP contribution >= 0.6 is 11.6 Å². The minimum Gasteiger partial charge on any atom is -0.457 e. The van der Waals surface area contributed by atoms with Gasteiger partial charge >= 0.3 is 0 Å². The Bertz CT molecular complexity index is 702. The smallest absolute Gasteiger partial charge is 0.145 e. The molecule has 1 saturated heterocycles. The van der Waals surface area contributed by atoms with Crippen molar-refractivity contribution in [3.05, 3.63) is 58.9 Å². The molecular weight excluding hydrogens is 339 g/mol. The second-order valence-corrected chi connectivity index (χ2v) is 6.94. The summed E-state index contributed by atoms with van der Waals surface area (Å²) >= 11 is 5.73. The van der Waals surface area contributed by atoms with Gasteiger partial charge in [-0.2, -0.15) is 0 Å². The lowest BCUT2D eigenvalue weighted by molar-refractivity contribution is 0.153. The summed E-state index contributed by atoms with van der Waals surface area (Å²) in [5.74, 6) is 0.780. The van der Waals surface area contributed by atoms with Crippen molar-refractivity contribution in [1.29, 1.82) is 0 Å². The highest BCUT2D eigenvalue weighted by Crippen LogP contribution is 2.28. The van der Waals surface area contributed by atoms with Crippen LogP contribution in [0.3, 0.4) is 0 Å². The lowest BCUT2D eigenvalue weighted by Crippen LogP contribution is -2.44. The van der Waals surface area contributed by atoms with Gasteiger partial charge in [-0.05, 0) is 50.2 Å². The van der Waals surface area contributed by atoms with E-state index >= 15 is 0 Å². The number of halogens is 2. The Morgan fingerprint density at radius 1 is 1.08 bits per heavy atom. The maximum absolute atomic E-state index is 13.6. The van der Waals surface area contributed by atoms with Crippen LogP contribution in [0.25, 0.3) is 0 Å². The van der Waals surface area contributed by atoms with E-state index in [1.165, 1.54) is 12.1 Å². The molecule has 0 amide bonds. The van der Waals surface area contributed by atoms with Crippen molar-refractivity contribution in [2.75, 3.05) is 39.8 Å². The predicted molar refractivity (Wildman–Crippen MR) is 100 cm³/mol. The zero-order valence-corrected chi connectivity index (χ0v) is 15.3. The third-order valence-electron chi connectivity index (χ3n) is 4.61. The van der Waals surface area contributed by atoms with Gasteiger partial charge in [-0.1, -0.05) is 29.8 Å². The highest BCUT2D eigenvalue weighted by Gasteiger charge is 2.13. The fourth-order valence-corrected chi connectivity index (χ4v) is 3.16. The monoisotopic (exact) mass is 362 g/mol. The Morgan fingerprint density at radius 2 is 1.84 bits per heavy atom. The summed E-state index contributed by atoms with van der Waals surface area (Å²) in [5.41, 5.74) is 1.15. The van der Waals surface area contributed by atoms with Gasteiger partial charge in [0.15, 0.2) is 0 Å². The minimum absolute atomic E-state index is 0.104. The highest BCUT2D eigenvalue weighted by molar-refractivity contribution is 6.30. The minimum atomic E-state index is -0.466. The van der Waals surface area contributed by atoms with Gasteiger partial charge < -0.3 is 14.5 Å². The first-order chi connectivity index (χ1) is 12.1. The number of nitrogens with zero attached hydrogens (tertiary/aromatic N) is 2. The first-order valence-corrected chi connectivity index (χ1v) is 9.11. The third-order valence-corrected chi connectivity index (χ3v) is 4.91. The molecule has 134 valence electrons. The largest absolute Gasteiger partial charge is 0.457 e. The Labute approximate surface area is 154 Å². The Balaban J connectivity index is 1.58. The van der Waals surface area contributed by atoms with Gasteiger partial charge in [-0.3, -0.25) is 0 Å². The summed E-state index contributed by atoms with van der Waals surface area (Å²) in [4.78, 5) is 4.88. The number of hydrogen-bond donors (Lipinski definition) is 0. The second kappa shape index (κ2) is 8.65. The molecule has 0 aromatic heterocycles. The van der Waals surface area contributed by atoms with E-state index in [0.29, 0.717) is 5.75 Å². The molecule has 5 heteroatoms. The van der Waals surface area contributed by atoms with Crippen LogP contribution in [0.4, 0.5) is 4.39 Å². The predicted octanol–water partition coefficient (Wildman–Crippen LogP) is 4.45. The van der Waals surface area contributed by atoms with Gasteiger partial charge in [0, 0.05) is 32.2 Å². The van der Waals surface area contributed by atoms with Gasteiger partial charge in [-0.25, -0.2) is 4.39 Å². The Morgan fingerprint density at radius 3 is 2.60 bits per heavy atom. The summed E-state index contributed by atoms with van der Waals surface area (Å²) in [6, 6.07) is 12.5. The molecule has 2 aromatic rings. The number of para-hydroxylation sites is 1. The topological polar surface area (TPSA) is 15.7 Å². The van der Waals surface area contributed by atoms with Crippen LogP contribution in [0.1, 0.15) is 12.0 Å². The fraction of sp³-hybridized carbons (Fsp3) is 0.400. The van der Waals surface area contributed by atoms with Crippen LogP contribution < -0.4 is 4.74 Å².